The van der Waals surface area contributed by atoms with Gasteiger partial charge in [-0.1, -0.05) is 19.1 Å². The van der Waals surface area contributed by atoms with Gasteiger partial charge < -0.3 is 5.32 Å². The first-order valence-electron chi connectivity index (χ1n) is 6.61. The molecule has 0 spiro atoms. The molecule has 0 fully saturated rings. The molecule has 3 aromatic rings. The van der Waals surface area contributed by atoms with E-state index in [0.29, 0.717) is 0 Å². The van der Waals surface area contributed by atoms with E-state index in [4.69, 9.17) is 0 Å². The number of anilines is 1. The van der Waals surface area contributed by atoms with Crippen molar-refractivity contribution in [3.63, 3.8) is 0 Å². The van der Waals surface area contributed by atoms with Crippen LogP contribution in [0.1, 0.15) is 22.2 Å². The van der Waals surface area contributed by atoms with Gasteiger partial charge in [-0.15, -0.1) is 11.3 Å². The summed E-state index contributed by atoms with van der Waals surface area (Å²) >= 11 is 4.88. The highest BCUT2D eigenvalue weighted by Gasteiger charge is 2.13. The average molecular weight is 361 g/mol. The second-order valence-corrected chi connectivity index (χ2v) is 6.45. The Morgan fingerprint density at radius 2 is 2.24 bits per heavy atom. The molecule has 0 aliphatic rings. The molecule has 1 aromatic carbocycles. The number of fused-ring (bicyclic) bond motifs is 1. The van der Waals surface area contributed by atoms with E-state index in [0.717, 1.165) is 37.9 Å². The lowest BCUT2D eigenvalue weighted by molar-refractivity contribution is 0.103. The molecule has 1 N–H and O–H groups in total. The standard InChI is InChI=1S/C16H13BrN2OS/c1-2-10-6-7-21-15(10)16(20)19-13-5-3-4-11-8-12(17)9-18-14(11)13/h3-9H,2H2,1H3,(H,19,20). The Balaban J connectivity index is 1.97. The van der Waals surface area contributed by atoms with Gasteiger partial charge in [-0.05, 0) is 51.5 Å². The van der Waals surface area contributed by atoms with Crippen molar-refractivity contribution in [3.05, 3.63) is 56.8 Å². The van der Waals surface area contributed by atoms with E-state index in [2.05, 4.69) is 33.2 Å². The molecule has 3 rings (SSSR count). The fourth-order valence-corrected chi connectivity index (χ4v) is 3.47. The van der Waals surface area contributed by atoms with Crippen LogP contribution < -0.4 is 5.32 Å². The zero-order valence-electron chi connectivity index (χ0n) is 11.4. The molecule has 0 radical (unpaired) electrons. The van der Waals surface area contributed by atoms with Gasteiger partial charge in [0.25, 0.3) is 5.91 Å². The van der Waals surface area contributed by atoms with Gasteiger partial charge in [0.15, 0.2) is 0 Å². The van der Waals surface area contributed by atoms with Crippen LogP contribution in [0.4, 0.5) is 5.69 Å². The minimum Gasteiger partial charge on any atom is -0.319 e. The number of aromatic nitrogens is 1. The van der Waals surface area contributed by atoms with Crippen LogP contribution in [0, 0.1) is 0 Å². The van der Waals surface area contributed by atoms with Crippen molar-refractivity contribution in [1.29, 1.82) is 0 Å². The van der Waals surface area contributed by atoms with Crippen LogP contribution in [0.25, 0.3) is 10.9 Å². The molecule has 3 nitrogen and oxygen atoms in total. The predicted octanol–water partition coefficient (Wildman–Crippen LogP) is 4.87. The molecule has 2 aromatic heterocycles. The number of nitrogens with zero attached hydrogens (tertiary/aromatic N) is 1. The minimum absolute atomic E-state index is 0.0703. The summed E-state index contributed by atoms with van der Waals surface area (Å²) in [6.07, 6.45) is 2.59. The second-order valence-electron chi connectivity index (χ2n) is 4.61. The highest BCUT2D eigenvalue weighted by molar-refractivity contribution is 9.10. The number of rotatable bonds is 3. The van der Waals surface area contributed by atoms with Gasteiger partial charge in [-0.25, -0.2) is 0 Å². The Morgan fingerprint density at radius 3 is 3.05 bits per heavy atom. The summed E-state index contributed by atoms with van der Waals surface area (Å²) in [5.41, 5.74) is 2.61. The molecule has 0 unspecified atom stereocenters. The number of hydrogen-bond donors (Lipinski definition) is 1. The van der Waals surface area contributed by atoms with Gasteiger partial charge in [0.1, 0.15) is 0 Å². The van der Waals surface area contributed by atoms with Gasteiger partial charge in [0.05, 0.1) is 16.1 Å². The molecule has 0 aliphatic carbocycles. The molecule has 2 heterocycles. The number of halogens is 1. The van der Waals surface area contributed by atoms with Crippen LogP contribution in [0.3, 0.4) is 0 Å². The summed E-state index contributed by atoms with van der Waals surface area (Å²) < 4.78 is 0.921. The Bertz CT molecular complexity index is 813. The number of carbonyl (C=O) groups excluding carboxylic acids is 1. The third-order valence-electron chi connectivity index (χ3n) is 3.26. The zero-order valence-corrected chi connectivity index (χ0v) is 13.8. The fourth-order valence-electron chi connectivity index (χ4n) is 2.23. The van der Waals surface area contributed by atoms with E-state index < -0.39 is 0 Å². The van der Waals surface area contributed by atoms with Crippen LogP contribution in [-0.4, -0.2) is 10.9 Å². The fraction of sp³-hybridized carbons (Fsp3) is 0.125. The van der Waals surface area contributed by atoms with E-state index in [1.807, 2.05) is 35.7 Å². The third kappa shape index (κ3) is 2.84. The first kappa shape index (κ1) is 14.2. The summed E-state index contributed by atoms with van der Waals surface area (Å²) in [7, 11) is 0. The number of benzene rings is 1. The highest BCUT2D eigenvalue weighted by atomic mass is 79.9. The number of nitrogens with one attached hydrogen (secondary N) is 1. The Morgan fingerprint density at radius 1 is 1.38 bits per heavy atom. The molecular formula is C16H13BrN2OS. The average Bonchev–Trinajstić information content (AvgIpc) is 2.95. The maximum Gasteiger partial charge on any atom is 0.266 e. The van der Waals surface area contributed by atoms with Crippen molar-refractivity contribution < 1.29 is 4.79 Å². The largest absolute Gasteiger partial charge is 0.319 e. The Hall–Kier alpha value is -1.72. The summed E-state index contributed by atoms with van der Waals surface area (Å²) in [5.74, 6) is -0.0703. The summed E-state index contributed by atoms with van der Waals surface area (Å²) in [4.78, 5) is 17.6. The number of amides is 1. The number of aryl methyl sites for hydroxylation is 1. The summed E-state index contributed by atoms with van der Waals surface area (Å²) in [6, 6.07) is 9.76. The molecule has 1 amide bonds. The highest BCUT2D eigenvalue weighted by Crippen LogP contribution is 2.25. The van der Waals surface area contributed by atoms with E-state index in [9.17, 15) is 4.79 Å². The quantitative estimate of drug-likeness (QED) is 0.723. The van der Waals surface area contributed by atoms with Gasteiger partial charge in [0.2, 0.25) is 0 Å². The molecule has 106 valence electrons. The molecular weight excluding hydrogens is 348 g/mol. The van der Waals surface area contributed by atoms with Crippen LogP contribution in [0.15, 0.2) is 46.4 Å². The van der Waals surface area contributed by atoms with Gasteiger partial charge in [0, 0.05) is 16.1 Å². The van der Waals surface area contributed by atoms with Crippen molar-refractivity contribution in [1.82, 2.24) is 4.98 Å². The van der Waals surface area contributed by atoms with Crippen LogP contribution >= 0.6 is 27.3 Å². The zero-order chi connectivity index (χ0) is 14.8. The number of para-hydroxylation sites is 1. The van der Waals surface area contributed by atoms with E-state index in [-0.39, 0.29) is 5.91 Å². The molecule has 5 heteroatoms. The molecule has 0 saturated heterocycles. The maximum atomic E-state index is 12.4. The van der Waals surface area contributed by atoms with Crippen molar-refractivity contribution in [3.8, 4) is 0 Å². The van der Waals surface area contributed by atoms with Crippen molar-refractivity contribution in [2.75, 3.05) is 5.32 Å². The first-order chi connectivity index (χ1) is 10.2. The number of hydrogen-bond acceptors (Lipinski definition) is 3. The molecule has 0 aliphatic heterocycles. The lowest BCUT2D eigenvalue weighted by Gasteiger charge is -2.08. The number of thiophene rings is 1. The second kappa shape index (κ2) is 5.95. The molecule has 0 bridgehead atoms. The number of pyridine rings is 1. The molecule has 0 saturated carbocycles. The SMILES string of the molecule is CCc1ccsc1C(=O)Nc1cccc2cc(Br)cnc12. The topological polar surface area (TPSA) is 42.0 Å². The van der Waals surface area contributed by atoms with E-state index in [1.54, 1.807) is 6.20 Å². The van der Waals surface area contributed by atoms with Crippen LogP contribution in [0.5, 0.6) is 0 Å². The van der Waals surface area contributed by atoms with Gasteiger partial charge in [-0.2, -0.15) is 0 Å². The Kier molecular flexibility index (Phi) is 4.03. The lowest BCUT2D eigenvalue weighted by Crippen LogP contribution is -2.12. The number of carbonyl (C=O) groups is 1. The third-order valence-corrected chi connectivity index (χ3v) is 4.65. The normalized spacial score (nSPS) is 10.8. The first-order valence-corrected chi connectivity index (χ1v) is 8.28. The molecule has 0 atom stereocenters. The predicted molar refractivity (Wildman–Crippen MR) is 91.1 cm³/mol. The molecule has 21 heavy (non-hydrogen) atoms. The van der Waals surface area contributed by atoms with Gasteiger partial charge in [-0.3, -0.25) is 9.78 Å². The van der Waals surface area contributed by atoms with E-state index >= 15 is 0 Å². The monoisotopic (exact) mass is 360 g/mol. The van der Waals surface area contributed by atoms with E-state index in [1.165, 1.54) is 11.3 Å². The summed E-state index contributed by atoms with van der Waals surface area (Å²) in [6.45, 7) is 2.05. The van der Waals surface area contributed by atoms with Crippen LogP contribution in [-0.2, 0) is 6.42 Å². The van der Waals surface area contributed by atoms with Gasteiger partial charge >= 0.3 is 0 Å². The summed E-state index contributed by atoms with van der Waals surface area (Å²) in [5, 5.41) is 5.92. The van der Waals surface area contributed by atoms with Crippen molar-refractivity contribution >= 4 is 49.8 Å². The Labute approximate surface area is 135 Å². The lowest BCUT2D eigenvalue weighted by atomic mass is 10.1. The smallest absolute Gasteiger partial charge is 0.266 e. The van der Waals surface area contributed by atoms with Crippen molar-refractivity contribution in [2.24, 2.45) is 0 Å². The van der Waals surface area contributed by atoms with Crippen LogP contribution in [0.2, 0.25) is 0 Å². The maximum absolute atomic E-state index is 12.4. The van der Waals surface area contributed by atoms with Crippen molar-refractivity contribution in [2.45, 2.75) is 13.3 Å². The minimum atomic E-state index is -0.0703.